The second kappa shape index (κ2) is 11.1. The Morgan fingerprint density at radius 2 is 2.16 bits per heavy atom. The molecule has 0 heterocycles. The molecule has 0 aromatic carbocycles. The van der Waals surface area contributed by atoms with Crippen molar-refractivity contribution < 1.29 is 19.2 Å². The molecule has 0 radical (unpaired) electrons. The summed E-state index contributed by atoms with van der Waals surface area (Å²) in [5.41, 5.74) is 13.4. The molecule has 10 heteroatoms. The predicted molar refractivity (Wildman–Crippen MR) is 65.5 cm³/mol. The molecule has 0 aliphatic carbocycles. The molecular formula is C9H18N6O4. The van der Waals surface area contributed by atoms with Crippen molar-refractivity contribution in [2.24, 2.45) is 16.7 Å². The van der Waals surface area contributed by atoms with Crippen LogP contribution in [0.1, 0.15) is 19.3 Å². The van der Waals surface area contributed by atoms with Crippen molar-refractivity contribution >= 4 is 12.1 Å². The maximum atomic E-state index is 11.1. The molecule has 19 heavy (non-hydrogen) atoms. The highest BCUT2D eigenvalue weighted by molar-refractivity contribution is 5.74. The van der Waals surface area contributed by atoms with Crippen LogP contribution >= 0.6 is 0 Å². The average molecular weight is 274 g/mol. The van der Waals surface area contributed by atoms with Crippen LogP contribution in [-0.4, -0.2) is 37.8 Å². The molecule has 0 saturated heterocycles. The Kier molecular flexibility index (Phi) is 9.90. The zero-order valence-electron chi connectivity index (χ0n) is 10.4. The summed E-state index contributed by atoms with van der Waals surface area (Å²) in [6.07, 6.45) is 1.11. The van der Waals surface area contributed by atoms with Gasteiger partial charge >= 0.3 is 12.1 Å². The maximum Gasteiger partial charge on any atom is 0.407 e. The molecule has 0 fully saturated rings. The van der Waals surface area contributed by atoms with Gasteiger partial charge in [0.15, 0.2) is 0 Å². The van der Waals surface area contributed by atoms with Gasteiger partial charge in [0.2, 0.25) is 0 Å². The lowest BCUT2D eigenvalue weighted by Crippen LogP contribution is -2.34. The number of hydrogen-bond acceptors (Lipinski definition) is 7. The van der Waals surface area contributed by atoms with Gasteiger partial charge in [0.25, 0.3) is 0 Å². The van der Waals surface area contributed by atoms with Crippen LogP contribution in [0.15, 0.2) is 5.11 Å². The summed E-state index contributed by atoms with van der Waals surface area (Å²) in [7, 11) is 0. The van der Waals surface area contributed by atoms with E-state index in [2.05, 4.69) is 26.1 Å². The van der Waals surface area contributed by atoms with Crippen molar-refractivity contribution in [3.8, 4) is 0 Å². The van der Waals surface area contributed by atoms with Gasteiger partial charge < -0.3 is 20.6 Å². The molecule has 10 nitrogen and oxygen atoms in total. The van der Waals surface area contributed by atoms with Crippen LogP contribution in [-0.2, 0) is 14.4 Å². The number of amides is 1. The van der Waals surface area contributed by atoms with E-state index in [1.165, 1.54) is 0 Å². The Morgan fingerprint density at radius 3 is 2.79 bits per heavy atom. The number of azide groups is 1. The first-order chi connectivity index (χ1) is 9.11. The zero-order valence-corrected chi connectivity index (χ0v) is 10.4. The van der Waals surface area contributed by atoms with Gasteiger partial charge in [-0.3, -0.25) is 0 Å². The summed E-state index contributed by atoms with van der Waals surface area (Å²) in [4.78, 5) is 28.4. The number of alkyl carbamates (subject to hydrolysis) is 1. The minimum absolute atomic E-state index is 0.0309. The predicted octanol–water partition coefficient (Wildman–Crippen LogP) is -0.0626. The number of nitrogens with two attached hydrogens (primary N) is 2. The van der Waals surface area contributed by atoms with E-state index >= 15 is 0 Å². The molecule has 0 bridgehead atoms. The van der Waals surface area contributed by atoms with Crippen LogP contribution in [0, 0.1) is 0 Å². The number of rotatable bonds is 9. The molecule has 1 amide bonds. The highest BCUT2D eigenvalue weighted by Gasteiger charge is 2.13. The van der Waals surface area contributed by atoms with Crippen LogP contribution < -0.4 is 16.9 Å². The van der Waals surface area contributed by atoms with Crippen molar-refractivity contribution in [3.63, 3.8) is 0 Å². The molecular weight excluding hydrogens is 256 g/mol. The Bertz CT molecular complexity index is 331. The van der Waals surface area contributed by atoms with Gasteiger partial charge in [-0.1, -0.05) is 5.11 Å². The number of hydrogen-bond donors (Lipinski definition) is 3. The third kappa shape index (κ3) is 9.65. The first kappa shape index (κ1) is 17.0. The van der Waals surface area contributed by atoms with Gasteiger partial charge in [-0.05, 0) is 24.8 Å². The maximum absolute atomic E-state index is 11.1. The summed E-state index contributed by atoms with van der Waals surface area (Å²) >= 11 is 0. The Balaban J connectivity index is 3.45. The van der Waals surface area contributed by atoms with E-state index < -0.39 is 18.1 Å². The summed E-state index contributed by atoms with van der Waals surface area (Å²) in [5, 5.41) is 5.70. The topological polar surface area (TPSA) is 165 Å². The minimum Gasteiger partial charge on any atom is -0.449 e. The van der Waals surface area contributed by atoms with Gasteiger partial charge in [-0.2, -0.15) is 5.90 Å². The van der Waals surface area contributed by atoms with E-state index in [1.807, 2.05) is 0 Å². The van der Waals surface area contributed by atoms with Gasteiger partial charge in [0.1, 0.15) is 6.04 Å². The van der Waals surface area contributed by atoms with Crippen LogP contribution in [0.25, 0.3) is 10.4 Å². The highest BCUT2D eigenvalue weighted by Crippen LogP contribution is 1.99. The van der Waals surface area contributed by atoms with E-state index in [0.717, 1.165) is 0 Å². The summed E-state index contributed by atoms with van der Waals surface area (Å²) < 4.78 is 4.70. The number of ether oxygens (including phenoxy) is 1. The monoisotopic (exact) mass is 274 g/mol. The molecule has 0 aromatic rings. The minimum atomic E-state index is -0.749. The van der Waals surface area contributed by atoms with Crippen LogP contribution in [0.2, 0.25) is 0 Å². The SMILES string of the molecule is [N-]=[N+]=NCCOC(=O)NCCCCC(N)C(=O)ON. The number of carbonyl (C=O) groups is 2. The fourth-order valence-electron chi connectivity index (χ4n) is 1.16. The molecule has 5 N–H and O–H groups in total. The largest absolute Gasteiger partial charge is 0.449 e. The van der Waals surface area contributed by atoms with Gasteiger partial charge in [0.05, 0.1) is 13.2 Å². The molecule has 0 aliphatic heterocycles. The normalized spacial score (nSPS) is 11.1. The third-order valence-corrected chi connectivity index (χ3v) is 2.12. The fourth-order valence-corrected chi connectivity index (χ4v) is 1.16. The molecule has 1 atom stereocenters. The smallest absolute Gasteiger partial charge is 0.407 e. The van der Waals surface area contributed by atoms with Crippen molar-refractivity contribution in [1.29, 1.82) is 0 Å². The second-order valence-corrected chi connectivity index (χ2v) is 3.56. The van der Waals surface area contributed by atoms with Gasteiger partial charge in [-0.15, -0.1) is 0 Å². The van der Waals surface area contributed by atoms with Crippen molar-refractivity contribution in [1.82, 2.24) is 5.32 Å². The first-order valence-electron chi connectivity index (χ1n) is 5.69. The summed E-state index contributed by atoms with van der Waals surface area (Å²) in [6.45, 7) is 0.522. The fraction of sp³-hybridized carbons (Fsp3) is 0.778. The number of carbonyl (C=O) groups excluding carboxylic acids is 2. The molecule has 108 valence electrons. The Morgan fingerprint density at radius 1 is 1.42 bits per heavy atom. The standard InChI is InChI=1S/C9H18N6O4/c10-7(8(16)19-12)3-1-2-4-13-9(17)18-6-5-14-15-11/h7H,1-6,10,12H2,(H,13,17). The van der Waals surface area contributed by atoms with Gasteiger partial charge in [0, 0.05) is 11.5 Å². The quantitative estimate of drug-likeness (QED) is 0.175. The van der Waals surface area contributed by atoms with E-state index in [-0.39, 0.29) is 13.2 Å². The van der Waals surface area contributed by atoms with E-state index in [4.69, 9.17) is 16.0 Å². The van der Waals surface area contributed by atoms with E-state index in [1.54, 1.807) is 0 Å². The molecule has 0 saturated carbocycles. The van der Waals surface area contributed by atoms with Crippen LogP contribution in [0.4, 0.5) is 4.79 Å². The highest BCUT2D eigenvalue weighted by atomic mass is 16.7. The van der Waals surface area contributed by atoms with E-state index in [0.29, 0.717) is 25.8 Å². The summed E-state index contributed by atoms with van der Waals surface area (Å²) in [6, 6.07) is -0.749. The van der Waals surface area contributed by atoms with Crippen LogP contribution in [0.3, 0.4) is 0 Å². The second-order valence-electron chi connectivity index (χ2n) is 3.56. The molecule has 0 rings (SSSR count). The van der Waals surface area contributed by atoms with Crippen molar-refractivity contribution in [2.45, 2.75) is 25.3 Å². The lowest BCUT2D eigenvalue weighted by Gasteiger charge is -2.08. The van der Waals surface area contributed by atoms with Gasteiger partial charge in [-0.25, -0.2) is 9.59 Å². The molecule has 1 unspecified atom stereocenters. The third-order valence-electron chi connectivity index (χ3n) is 2.12. The Labute approximate surface area is 110 Å². The molecule has 0 aliphatic rings. The average Bonchev–Trinajstić information content (AvgIpc) is 2.42. The number of nitrogens with zero attached hydrogens (tertiary/aromatic N) is 3. The Hall–Kier alpha value is -2.03. The van der Waals surface area contributed by atoms with Crippen molar-refractivity contribution in [3.05, 3.63) is 10.4 Å². The first-order valence-corrected chi connectivity index (χ1v) is 5.69. The lowest BCUT2D eigenvalue weighted by molar-refractivity contribution is -0.145. The molecule has 0 aromatic heterocycles. The van der Waals surface area contributed by atoms with Crippen molar-refractivity contribution in [2.75, 3.05) is 19.7 Å². The van der Waals surface area contributed by atoms with E-state index in [9.17, 15) is 9.59 Å². The molecule has 0 spiro atoms. The lowest BCUT2D eigenvalue weighted by atomic mass is 10.1. The van der Waals surface area contributed by atoms with Crippen LogP contribution in [0.5, 0.6) is 0 Å². The number of unbranched alkanes of at least 4 members (excludes halogenated alkanes) is 1. The zero-order chi connectivity index (χ0) is 14.5. The number of nitrogens with one attached hydrogen (secondary N) is 1. The summed E-state index contributed by atoms with van der Waals surface area (Å²) in [5.74, 6) is 4.02.